The Morgan fingerprint density at radius 2 is 1.90 bits per heavy atom. The van der Waals surface area contributed by atoms with Crippen molar-refractivity contribution in [3.8, 4) is 0 Å². The van der Waals surface area contributed by atoms with Gasteiger partial charge in [0, 0.05) is 26.6 Å². The summed E-state index contributed by atoms with van der Waals surface area (Å²) < 4.78 is 0. The molecule has 1 heterocycles. The summed E-state index contributed by atoms with van der Waals surface area (Å²) in [6.07, 6.45) is 3.18. The molecule has 1 fully saturated rings. The number of nitrogens with zero attached hydrogens (tertiary/aromatic N) is 2. The number of carbonyl (C=O) groups is 1. The van der Waals surface area contributed by atoms with Crippen LogP contribution in [-0.2, 0) is 11.3 Å². The summed E-state index contributed by atoms with van der Waals surface area (Å²) in [5.74, 6) is 1.09. The normalized spacial score (nSPS) is 17.1. The first-order chi connectivity index (χ1) is 9.65. The molecule has 0 saturated carbocycles. The zero-order chi connectivity index (χ0) is 14.4. The molecule has 1 aromatic rings. The summed E-state index contributed by atoms with van der Waals surface area (Å²) in [5, 5.41) is 0. The number of piperidine rings is 1. The number of likely N-dealkylation sites (tertiary alicyclic amines) is 1. The van der Waals surface area contributed by atoms with E-state index in [9.17, 15) is 4.79 Å². The summed E-state index contributed by atoms with van der Waals surface area (Å²) in [5.41, 5.74) is 1.19. The zero-order valence-corrected chi connectivity index (χ0v) is 12.7. The van der Waals surface area contributed by atoms with E-state index >= 15 is 0 Å². The smallest absolute Gasteiger partial charge is 0.223 e. The van der Waals surface area contributed by atoms with Crippen LogP contribution in [0.3, 0.4) is 0 Å². The third-order valence-electron chi connectivity index (χ3n) is 4.21. The van der Waals surface area contributed by atoms with Gasteiger partial charge in [-0.2, -0.15) is 0 Å². The van der Waals surface area contributed by atoms with Gasteiger partial charge in [0.05, 0.1) is 0 Å². The van der Waals surface area contributed by atoms with Gasteiger partial charge >= 0.3 is 0 Å². The molecule has 20 heavy (non-hydrogen) atoms. The largest absolute Gasteiger partial charge is 0.341 e. The molecule has 2 rings (SSSR count). The van der Waals surface area contributed by atoms with Crippen molar-refractivity contribution in [2.24, 2.45) is 5.92 Å². The van der Waals surface area contributed by atoms with E-state index in [4.69, 9.17) is 0 Å². The quantitative estimate of drug-likeness (QED) is 0.824. The molecule has 0 unspecified atom stereocenters. The minimum Gasteiger partial charge on any atom is -0.341 e. The molecule has 3 heteroatoms. The fourth-order valence-electron chi connectivity index (χ4n) is 2.68. The molecule has 0 atom stereocenters. The highest BCUT2D eigenvalue weighted by Gasteiger charge is 2.17. The van der Waals surface area contributed by atoms with Gasteiger partial charge in [-0.3, -0.25) is 4.79 Å². The minimum absolute atomic E-state index is 0.243. The van der Waals surface area contributed by atoms with Crippen molar-refractivity contribution in [1.29, 1.82) is 0 Å². The van der Waals surface area contributed by atoms with E-state index in [1.807, 2.05) is 30.1 Å². The van der Waals surface area contributed by atoms with Gasteiger partial charge in [-0.1, -0.05) is 37.3 Å². The van der Waals surface area contributed by atoms with Crippen LogP contribution >= 0.6 is 0 Å². The van der Waals surface area contributed by atoms with Crippen LogP contribution in [0.2, 0.25) is 0 Å². The van der Waals surface area contributed by atoms with Crippen LogP contribution in [0.4, 0.5) is 0 Å². The first kappa shape index (κ1) is 15.0. The maximum Gasteiger partial charge on any atom is 0.223 e. The number of amides is 1. The summed E-state index contributed by atoms with van der Waals surface area (Å²) in [6, 6.07) is 10.2. The van der Waals surface area contributed by atoms with Crippen molar-refractivity contribution in [3.05, 3.63) is 35.9 Å². The molecular weight excluding hydrogens is 248 g/mol. The highest BCUT2D eigenvalue weighted by molar-refractivity contribution is 5.76. The molecule has 110 valence electrons. The Kier molecular flexibility index (Phi) is 5.60. The van der Waals surface area contributed by atoms with Crippen molar-refractivity contribution in [2.75, 3.05) is 26.7 Å². The predicted octanol–water partition coefficient (Wildman–Crippen LogP) is 2.77. The van der Waals surface area contributed by atoms with Gasteiger partial charge in [-0.25, -0.2) is 0 Å². The Bertz CT molecular complexity index is 410. The second kappa shape index (κ2) is 7.44. The van der Waals surface area contributed by atoms with E-state index in [-0.39, 0.29) is 5.91 Å². The van der Waals surface area contributed by atoms with E-state index in [0.29, 0.717) is 13.0 Å². The number of benzene rings is 1. The second-order valence-corrected chi connectivity index (χ2v) is 6.01. The Labute approximate surface area is 122 Å². The zero-order valence-electron chi connectivity index (χ0n) is 12.7. The molecule has 1 saturated heterocycles. The number of hydrogen-bond donors (Lipinski definition) is 0. The van der Waals surface area contributed by atoms with Crippen LogP contribution < -0.4 is 0 Å². The van der Waals surface area contributed by atoms with Gasteiger partial charge in [0.2, 0.25) is 5.91 Å². The topological polar surface area (TPSA) is 23.6 Å². The first-order valence-electron chi connectivity index (χ1n) is 7.65. The van der Waals surface area contributed by atoms with Crippen LogP contribution in [0.25, 0.3) is 0 Å². The van der Waals surface area contributed by atoms with Crippen molar-refractivity contribution >= 4 is 5.91 Å². The van der Waals surface area contributed by atoms with Gasteiger partial charge in [0.1, 0.15) is 0 Å². The van der Waals surface area contributed by atoms with Crippen molar-refractivity contribution < 1.29 is 4.79 Å². The Balaban J connectivity index is 1.71. The molecule has 0 aromatic heterocycles. The average Bonchev–Trinajstić information content (AvgIpc) is 2.47. The SMILES string of the molecule is CC1CCN(CCC(=O)N(C)Cc2ccccc2)CC1. The lowest BCUT2D eigenvalue weighted by molar-refractivity contribution is -0.130. The van der Waals surface area contributed by atoms with Crippen molar-refractivity contribution in [1.82, 2.24) is 9.80 Å². The Hall–Kier alpha value is -1.35. The van der Waals surface area contributed by atoms with Crippen molar-refractivity contribution in [2.45, 2.75) is 32.7 Å². The fraction of sp³-hybridized carbons (Fsp3) is 0.588. The Morgan fingerprint density at radius 3 is 2.55 bits per heavy atom. The van der Waals surface area contributed by atoms with Gasteiger partial charge < -0.3 is 9.80 Å². The molecule has 1 aliphatic heterocycles. The van der Waals surface area contributed by atoms with E-state index < -0.39 is 0 Å². The van der Waals surface area contributed by atoms with E-state index in [1.54, 1.807) is 0 Å². The molecule has 1 amide bonds. The average molecular weight is 274 g/mol. The lowest BCUT2D eigenvalue weighted by Gasteiger charge is -2.30. The van der Waals surface area contributed by atoms with Crippen LogP contribution in [0.1, 0.15) is 31.7 Å². The number of carbonyl (C=O) groups excluding carboxylic acids is 1. The van der Waals surface area contributed by atoms with Crippen LogP contribution in [0, 0.1) is 5.92 Å². The minimum atomic E-state index is 0.243. The molecule has 0 radical (unpaired) electrons. The molecular formula is C17H26N2O. The highest BCUT2D eigenvalue weighted by Crippen LogP contribution is 2.16. The molecule has 0 aliphatic carbocycles. The first-order valence-corrected chi connectivity index (χ1v) is 7.65. The predicted molar refractivity (Wildman–Crippen MR) is 82.4 cm³/mol. The molecule has 1 aromatic carbocycles. The maximum absolute atomic E-state index is 12.2. The summed E-state index contributed by atoms with van der Waals surface area (Å²) in [4.78, 5) is 16.4. The van der Waals surface area contributed by atoms with Crippen LogP contribution in [-0.4, -0.2) is 42.4 Å². The van der Waals surface area contributed by atoms with E-state index in [2.05, 4.69) is 24.0 Å². The molecule has 0 N–H and O–H groups in total. The lowest BCUT2D eigenvalue weighted by Crippen LogP contribution is -2.36. The van der Waals surface area contributed by atoms with Gasteiger partial charge in [0.15, 0.2) is 0 Å². The molecule has 3 nitrogen and oxygen atoms in total. The third-order valence-corrected chi connectivity index (χ3v) is 4.21. The van der Waals surface area contributed by atoms with Gasteiger partial charge in [0.25, 0.3) is 0 Å². The fourth-order valence-corrected chi connectivity index (χ4v) is 2.68. The van der Waals surface area contributed by atoms with E-state index in [0.717, 1.165) is 25.6 Å². The van der Waals surface area contributed by atoms with Gasteiger partial charge in [-0.05, 0) is 37.4 Å². The Morgan fingerprint density at radius 1 is 1.25 bits per heavy atom. The number of rotatable bonds is 5. The number of hydrogen-bond acceptors (Lipinski definition) is 2. The standard InChI is InChI=1S/C17H26N2O/c1-15-8-11-19(12-9-15)13-10-17(20)18(2)14-16-6-4-3-5-7-16/h3-7,15H,8-14H2,1-2H3. The maximum atomic E-state index is 12.2. The molecule has 1 aliphatic rings. The summed E-state index contributed by atoms with van der Waals surface area (Å²) in [7, 11) is 1.90. The summed E-state index contributed by atoms with van der Waals surface area (Å²) in [6.45, 7) is 6.23. The molecule has 0 bridgehead atoms. The monoisotopic (exact) mass is 274 g/mol. The van der Waals surface area contributed by atoms with Crippen LogP contribution in [0.15, 0.2) is 30.3 Å². The lowest BCUT2D eigenvalue weighted by atomic mass is 9.99. The second-order valence-electron chi connectivity index (χ2n) is 6.01. The molecule has 0 spiro atoms. The van der Waals surface area contributed by atoms with Crippen LogP contribution in [0.5, 0.6) is 0 Å². The van der Waals surface area contributed by atoms with Crippen molar-refractivity contribution in [3.63, 3.8) is 0 Å². The third kappa shape index (κ3) is 4.64. The highest BCUT2D eigenvalue weighted by atomic mass is 16.2. The van der Waals surface area contributed by atoms with Gasteiger partial charge in [-0.15, -0.1) is 0 Å². The van der Waals surface area contributed by atoms with E-state index in [1.165, 1.54) is 18.4 Å². The summed E-state index contributed by atoms with van der Waals surface area (Å²) >= 11 is 0.